The van der Waals surface area contributed by atoms with Crippen molar-refractivity contribution in [1.82, 2.24) is 4.90 Å². The van der Waals surface area contributed by atoms with Crippen molar-refractivity contribution in [2.75, 3.05) is 36.4 Å². The zero-order chi connectivity index (χ0) is 17.1. The van der Waals surface area contributed by atoms with Gasteiger partial charge in [0.15, 0.2) is 0 Å². The van der Waals surface area contributed by atoms with E-state index in [4.69, 9.17) is 23.2 Å². The topological polar surface area (TPSA) is 35.6 Å². The van der Waals surface area contributed by atoms with Crippen LogP contribution in [0.2, 0.25) is 10.0 Å². The lowest BCUT2D eigenvalue weighted by Gasteiger charge is -2.36. The van der Waals surface area contributed by atoms with Gasteiger partial charge in [-0.15, -0.1) is 0 Å². The molecule has 2 aromatic rings. The molecule has 2 amide bonds. The lowest BCUT2D eigenvalue weighted by atomic mass is 10.2. The second-order valence-electron chi connectivity index (χ2n) is 5.48. The molecule has 24 heavy (non-hydrogen) atoms. The Labute approximate surface area is 149 Å². The Hall–Kier alpha value is -1.98. The van der Waals surface area contributed by atoms with Crippen LogP contribution in [0, 0.1) is 5.82 Å². The number of urea groups is 1. The van der Waals surface area contributed by atoms with E-state index in [9.17, 15) is 9.18 Å². The smallest absolute Gasteiger partial charge is 0.322 e. The number of rotatable bonds is 2. The number of carbonyl (C=O) groups is 1. The average molecular weight is 368 g/mol. The van der Waals surface area contributed by atoms with Crippen molar-refractivity contribution in [1.29, 1.82) is 0 Å². The van der Waals surface area contributed by atoms with Crippen LogP contribution >= 0.6 is 23.2 Å². The predicted molar refractivity (Wildman–Crippen MR) is 95.7 cm³/mol. The third-order valence-corrected chi connectivity index (χ3v) is 4.77. The van der Waals surface area contributed by atoms with Gasteiger partial charge >= 0.3 is 6.03 Å². The molecule has 126 valence electrons. The molecule has 0 bridgehead atoms. The van der Waals surface area contributed by atoms with Crippen LogP contribution in [-0.4, -0.2) is 37.1 Å². The van der Waals surface area contributed by atoms with Crippen molar-refractivity contribution in [3.05, 3.63) is 58.3 Å². The van der Waals surface area contributed by atoms with Crippen LogP contribution in [0.3, 0.4) is 0 Å². The first kappa shape index (κ1) is 16.9. The van der Waals surface area contributed by atoms with E-state index in [-0.39, 0.29) is 11.8 Å². The Morgan fingerprint density at radius 3 is 2.33 bits per heavy atom. The van der Waals surface area contributed by atoms with Gasteiger partial charge in [0.2, 0.25) is 0 Å². The van der Waals surface area contributed by atoms with Crippen LogP contribution in [0.5, 0.6) is 0 Å². The van der Waals surface area contributed by atoms with Gasteiger partial charge in [-0.05, 0) is 36.4 Å². The molecule has 0 aromatic heterocycles. The van der Waals surface area contributed by atoms with Crippen LogP contribution < -0.4 is 10.2 Å². The summed E-state index contributed by atoms with van der Waals surface area (Å²) in [7, 11) is 0. The zero-order valence-electron chi connectivity index (χ0n) is 12.8. The molecule has 1 saturated heterocycles. The number of nitrogens with zero attached hydrogens (tertiary/aromatic N) is 2. The highest BCUT2D eigenvalue weighted by atomic mass is 35.5. The molecular weight excluding hydrogens is 352 g/mol. The van der Waals surface area contributed by atoms with Gasteiger partial charge in [-0.3, -0.25) is 0 Å². The van der Waals surface area contributed by atoms with Gasteiger partial charge in [-0.2, -0.15) is 0 Å². The van der Waals surface area contributed by atoms with Crippen molar-refractivity contribution >= 4 is 40.6 Å². The Bertz CT molecular complexity index is 731. The molecule has 1 heterocycles. The van der Waals surface area contributed by atoms with Gasteiger partial charge in [0.05, 0.1) is 15.7 Å². The summed E-state index contributed by atoms with van der Waals surface area (Å²) in [5, 5.41) is 3.51. The molecule has 0 radical (unpaired) electrons. The van der Waals surface area contributed by atoms with E-state index in [0.29, 0.717) is 41.9 Å². The fraction of sp³-hybridized carbons (Fsp3) is 0.235. The molecule has 1 fully saturated rings. The predicted octanol–water partition coefficient (Wildman–Crippen LogP) is 4.49. The number of benzene rings is 2. The van der Waals surface area contributed by atoms with Gasteiger partial charge in [0.25, 0.3) is 0 Å². The van der Waals surface area contributed by atoms with Crippen molar-refractivity contribution in [3.8, 4) is 0 Å². The van der Waals surface area contributed by atoms with Gasteiger partial charge in [0.1, 0.15) is 5.82 Å². The van der Waals surface area contributed by atoms with Crippen LogP contribution in [0.1, 0.15) is 0 Å². The summed E-state index contributed by atoms with van der Waals surface area (Å²) in [6, 6.07) is 11.3. The van der Waals surface area contributed by atoms with E-state index >= 15 is 0 Å². The van der Waals surface area contributed by atoms with Crippen LogP contribution in [-0.2, 0) is 0 Å². The Kier molecular flexibility index (Phi) is 5.11. The standard InChI is InChI=1S/C17H16Cl2FN3O/c18-14-2-1-3-15(16(14)19)21-17(24)23-10-8-22(9-11-23)13-6-4-12(20)5-7-13/h1-7H,8-11H2,(H,21,24). The largest absolute Gasteiger partial charge is 0.368 e. The Morgan fingerprint density at radius 2 is 1.67 bits per heavy atom. The number of hydrogen-bond donors (Lipinski definition) is 1. The van der Waals surface area contributed by atoms with Crippen LogP contribution in [0.4, 0.5) is 20.6 Å². The summed E-state index contributed by atoms with van der Waals surface area (Å²) in [6.07, 6.45) is 0. The van der Waals surface area contributed by atoms with Crippen LogP contribution in [0.25, 0.3) is 0 Å². The number of carbonyl (C=O) groups excluding carboxylic acids is 1. The first-order valence-corrected chi connectivity index (χ1v) is 8.30. The molecule has 0 atom stereocenters. The minimum Gasteiger partial charge on any atom is -0.368 e. The van der Waals surface area contributed by atoms with E-state index in [1.165, 1.54) is 12.1 Å². The molecule has 0 aliphatic carbocycles. The van der Waals surface area contributed by atoms with Crippen molar-refractivity contribution in [3.63, 3.8) is 0 Å². The molecule has 4 nitrogen and oxygen atoms in total. The molecule has 7 heteroatoms. The second-order valence-corrected chi connectivity index (χ2v) is 6.27. The fourth-order valence-corrected chi connectivity index (χ4v) is 2.96. The van der Waals surface area contributed by atoms with Gasteiger partial charge < -0.3 is 15.1 Å². The summed E-state index contributed by atoms with van der Waals surface area (Å²) in [5.41, 5.74) is 1.45. The summed E-state index contributed by atoms with van der Waals surface area (Å²) in [6.45, 7) is 2.51. The van der Waals surface area contributed by atoms with Crippen molar-refractivity contribution in [2.45, 2.75) is 0 Å². The minimum absolute atomic E-state index is 0.210. The highest BCUT2D eigenvalue weighted by Gasteiger charge is 2.22. The first-order valence-electron chi connectivity index (χ1n) is 7.55. The Morgan fingerprint density at radius 1 is 1.00 bits per heavy atom. The van der Waals surface area contributed by atoms with E-state index in [2.05, 4.69) is 10.2 Å². The van der Waals surface area contributed by atoms with E-state index in [0.717, 1.165) is 5.69 Å². The van der Waals surface area contributed by atoms with E-state index < -0.39 is 0 Å². The minimum atomic E-state index is -0.254. The normalized spacial score (nSPS) is 14.6. The second kappa shape index (κ2) is 7.28. The van der Waals surface area contributed by atoms with Crippen LogP contribution in [0.15, 0.2) is 42.5 Å². The van der Waals surface area contributed by atoms with E-state index in [1.807, 2.05) is 0 Å². The lowest BCUT2D eigenvalue weighted by Crippen LogP contribution is -2.50. The molecule has 0 saturated carbocycles. The number of hydrogen-bond acceptors (Lipinski definition) is 2. The first-order chi connectivity index (χ1) is 11.5. The summed E-state index contributed by atoms with van der Waals surface area (Å²) in [5.74, 6) is -0.254. The van der Waals surface area contributed by atoms with Crippen molar-refractivity contribution < 1.29 is 9.18 Å². The number of piperazine rings is 1. The zero-order valence-corrected chi connectivity index (χ0v) is 14.3. The molecule has 1 aliphatic rings. The number of anilines is 2. The number of amides is 2. The molecule has 1 aliphatic heterocycles. The van der Waals surface area contributed by atoms with Crippen molar-refractivity contribution in [2.24, 2.45) is 0 Å². The molecular formula is C17H16Cl2FN3O. The van der Waals surface area contributed by atoms with Gasteiger partial charge in [-0.25, -0.2) is 9.18 Å². The maximum Gasteiger partial charge on any atom is 0.322 e. The molecule has 2 aromatic carbocycles. The highest BCUT2D eigenvalue weighted by Crippen LogP contribution is 2.29. The number of nitrogens with one attached hydrogen (secondary N) is 1. The molecule has 0 spiro atoms. The summed E-state index contributed by atoms with van der Waals surface area (Å²) >= 11 is 12.0. The Balaban J connectivity index is 1.59. The maximum absolute atomic E-state index is 13.0. The molecule has 1 N–H and O–H groups in total. The van der Waals surface area contributed by atoms with E-state index in [1.54, 1.807) is 35.2 Å². The van der Waals surface area contributed by atoms with Gasteiger partial charge in [-0.1, -0.05) is 29.3 Å². The SMILES string of the molecule is O=C(Nc1cccc(Cl)c1Cl)N1CCN(c2ccc(F)cc2)CC1. The number of halogens is 3. The highest BCUT2D eigenvalue weighted by molar-refractivity contribution is 6.43. The molecule has 3 rings (SSSR count). The maximum atomic E-state index is 13.0. The lowest BCUT2D eigenvalue weighted by molar-refractivity contribution is 0.208. The third-order valence-electron chi connectivity index (χ3n) is 3.95. The monoisotopic (exact) mass is 367 g/mol. The molecule has 0 unspecified atom stereocenters. The third kappa shape index (κ3) is 3.74. The quantitative estimate of drug-likeness (QED) is 0.848. The van der Waals surface area contributed by atoms with Gasteiger partial charge in [0, 0.05) is 31.9 Å². The summed E-state index contributed by atoms with van der Waals surface area (Å²) < 4.78 is 13.0. The summed E-state index contributed by atoms with van der Waals surface area (Å²) in [4.78, 5) is 16.2. The average Bonchev–Trinajstić information content (AvgIpc) is 2.60. The fourth-order valence-electron chi connectivity index (χ4n) is 2.61.